The Morgan fingerprint density at radius 1 is 1.37 bits per heavy atom. The Morgan fingerprint density at radius 3 is 2.79 bits per heavy atom. The lowest BCUT2D eigenvalue weighted by molar-refractivity contribution is 0.600. The third-order valence-corrected chi connectivity index (χ3v) is 4.60. The van der Waals surface area contributed by atoms with E-state index in [1.54, 1.807) is 12.1 Å². The van der Waals surface area contributed by atoms with Crippen molar-refractivity contribution in [2.24, 2.45) is 0 Å². The maximum absolute atomic E-state index is 12.1. The molecule has 0 spiro atoms. The molecule has 0 saturated heterocycles. The molecule has 0 radical (unpaired) electrons. The lowest BCUT2D eigenvalue weighted by Crippen LogP contribution is -2.15. The quantitative estimate of drug-likeness (QED) is 0.855. The zero-order chi connectivity index (χ0) is 13.9. The molecule has 7 nitrogen and oxygen atoms in total. The molecule has 1 aromatic carbocycles. The molecule has 0 amide bonds. The summed E-state index contributed by atoms with van der Waals surface area (Å²) in [7, 11) is -1.84. The molecule has 0 bridgehead atoms. The van der Waals surface area contributed by atoms with Gasteiger partial charge in [0.15, 0.2) is 0 Å². The highest BCUT2D eigenvalue weighted by atomic mass is 32.2. The first kappa shape index (κ1) is 13.8. The van der Waals surface area contributed by atoms with Crippen LogP contribution in [0.15, 0.2) is 29.2 Å². The maximum Gasteiger partial charge on any atom is 0.263 e. The molecule has 0 aliphatic rings. The lowest BCUT2D eigenvalue weighted by atomic mass is 10.1. The fourth-order valence-electron chi connectivity index (χ4n) is 1.46. The molecular formula is C10H13N5O2S2. The van der Waals surface area contributed by atoms with Crippen molar-refractivity contribution in [1.29, 1.82) is 0 Å². The van der Waals surface area contributed by atoms with Crippen molar-refractivity contribution in [3.05, 3.63) is 29.8 Å². The molecule has 2 N–H and O–H groups in total. The van der Waals surface area contributed by atoms with Gasteiger partial charge in [-0.1, -0.05) is 21.7 Å². The van der Waals surface area contributed by atoms with Gasteiger partial charge in [-0.3, -0.25) is 4.72 Å². The molecule has 1 atom stereocenters. The van der Waals surface area contributed by atoms with Gasteiger partial charge in [0.05, 0.1) is 4.90 Å². The van der Waals surface area contributed by atoms with Crippen LogP contribution in [0.3, 0.4) is 0 Å². The van der Waals surface area contributed by atoms with E-state index in [-0.39, 0.29) is 16.1 Å². The molecule has 102 valence electrons. The van der Waals surface area contributed by atoms with Crippen molar-refractivity contribution in [1.82, 2.24) is 20.1 Å². The largest absolute Gasteiger partial charge is 0.313 e. The minimum Gasteiger partial charge on any atom is -0.313 e. The highest BCUT2D eigenvalue weighted by Gasteiger charge is 2.17. The van der Waals surface area contributed by atoms with Crippen LogP contribution < -0.4 is 10.0 Å². The predicted molar refractivity (Wildman–Crippen MR) is 72.4 cm³/mol. The summed E-state index contributed by atoms with van der Waals surface area (Å²) in [6.07, 6.45) is 0. The molecule has 0 fully saturated rings. The number of sulfonamides is 1. The molecular weight excluding hydrogens is 286 g/mol. The number of nitrogens with zero attached hydrogens (tertiary/aromatic N) is 3. The Labute approximate surface area is 115 Å². The van der Waals surface area contributed by atoms with Gasteiger partial charge in [0.1, 0.15) is 0 Å². The van der Waals surface area contributed by atoms with E-state index in [9.17, 15) is 8.42 Å². The molecule has 1 unspecified atom stereocenters. The summed E-state index contributed by atoms with van der Waals surface area (Å²) >= 11 is 0.885. The summed E-state index contributed by atoms with van der Waals surface area (Å²) in [5, 5.41) is 10.1. The normalized spacial score (nSPS) is 13.2. The maximum atomic E-state index is 12.1. The second kappa shape index (κ2) is 5.59. The van der Waals surface area contributed by atoms with E-state index in [4.69, 9.17) is 0 Å². The average Bonchev–Trinajstić information content (AvgIpc) is 2.90. The molecule has 1 aromatic heterocycles. The van der Waals surface area contributed by atoms with Crippen LogP contribution in [0.25, 0.3) is 0 Å². The highest BCUT2D eigenvalue weighted by Crippen LogP contribution is 2.19. The monoisotopic (exact) mass is 299 g/mol. The van der Waals surface area contributed by atoms with Gasteiger partial charge in [-0.05, 0) is 36.9 Å². The Kier molecular flexibility index (Phi) is 4.08. The van der Waals surface area contributed by atoms with Crippen LogP contribution in [0, 0.1) is 0 Å². The van der Waals surface area contributed by atoms with Crippen LogP contribution in [-0.4, -0.2) is 30.3 Å². The number of nitrogens with one attached hydrogen (secondary N) is 2. The summed E-state index contributed by atoms with van der Waals surface area (Å²) in [5.41, 5.74) is 0.890. The van der Waals surface area contributed by atoms with Gasteiger partial charge in [0, 0.05) is 17.6 Å². The van der Waals surface area contributed by atoms with Crippen molar-refractivity contribution in [3.63, 3.8) is 0 Å². The van der Waals surface area contributed by atoms with Crippen LogP contribution in [0.5, 0.6) is 0 Å². The van der Waals surface area contributed by atoms with Gasteiger partial charge in [0.25, 0.3) is 10.0 Å². The van der Waals surface area contributed by atoms with Gasteiger partial charge >= 0.3 is 0 Å². The fraction of sp³-hybridized carbons (Fsp3) is 0.300. The van der Waals surface area contributed by atoms with Crippen molar-refractivity contribution >= 4 is 26.7 Å². The third kappa shape index (κ3) is 3.25. The first-order chi connectivity index (χ1) is 9.03. The van der Waals surface area contributed by atoms with Gasteiger partial charge in [0.2, 0.25) is 5.13 Å². The van der Waals surface area contributed by atoms with Gasteiger partial charge in [-0.25, -0.2) is 8.42 Å². The van der Waals surface area contributed by atoms with Gasteiger partial charge < -0.3 is 5.32 Å². The Hall–Kier alpha value is -1.58. The van der Waals surface area contributed by atoms with Crippen LogP contribution in [0.4, 0.5) is 5.13 Å². The van der Waals surface area contributed by atoms with E-state index in [1.807, 2.05) is 20.0 Å². The summed E-state index contributed by atoms with van der Waals surface area (Å²) < 4.78 is 30.1. The van der Waals surface area contributed by atoms with Crippen molar-refractivity contribution in [3.8, 4) is 0 Å². The summed E-state index contributed by atoms with van der Waals surface area (Å²) in [5.74, 6) is 0. The lowest BCUT2D eigenvalue weighted by Gasteiger charge is -2.12. The zero-order valence-corrected chi connectivity index (χ0v) is 12.0. The van der Waals surface area contributed by atoms with E-state index in [1.165, 1.54) is 6.07 Å². The van der Waals surface area contributed by atoms with Crippen molar-refractivity contribution in [2.75, 3.05) is 11.8 Å². The summed E-state index contributed by atoms with van der Waals surface area (Å²) in [6.45, 7) is 1.95. The second-order valence-corrected chi connectivity index (χ2v) is 6.27. The Balaban J connectivity index is 2.30. The Bertz CT molecular complexity index is 642. The first-order valence-electron chi connectivity index (χ1n) is 5.48. The minimum atomic E-state index is -3.66. The van der Waals surface area contributed by atoms with E-state index in [2.05, 4.69) is 24.8 Å². The number of hydrogen-bond donors (Lipinski definition) is 2. The molecule has 9 heteroatoms. The highest BCUT2D eigenvalue weighted by molar-refractivity contribution is 7.93. The summed E-state index contributed by atoms with van der Waals surface area (Å²) in [4.78, 5) is 0.183. The van der Waals surface area contributed by atoms with E-state index in [0.29, 0.717) is 0 Å². The van der Waals surface area contributed by atoms with E-state index in [0.717, 1.165) is 17.1 Å². The topological polar surface area (TPSA) is 96.9 Å². The van der Waals surface area contributed by atoms with Crippen molar-refractivity contribution < 1.29 is 8.42 Å². The zero-order valence-electron chi connectivity index (χ0n) is 10.4. The summed E-state index contributed by atoms with van der Waals surface area (Å²) in [6, 6.07) is 6.79. The van der Waals surface area contributed by atoms with Crippen LogP contribution in [-0.2, 0) is 10.0 Å². The SMILES string of the molecule is CNC(C)c1cccc(S(=O)(=O)Nc2nnns2)c1. The van der Waals surface area contributed by atoms with Crippen LogP contribution >= 0.6 is 11.5 Å². The van der Waals surface area contributed by atoms with E-state index >= 15 is 0 Å². The number of benzene rings is 1. The predicted octanol–water partition coefficient (Wildman–Crippen LogP) is 1.01. The Morgan fingerprint density at radius 2 is 2.16 bits per heavy atom. The molecule has 0 saturated carbocycles. The first-order valence-corrected chi connectivity index (χ1v) is 7.73. The molecule has 0 aliphatic carbocycles. The number of rotatable bonds is 5. The number of hydrogen-bond acceptors (Lipinski definition) is 7. The fourth-order valence-corrected chi connectivity index (χ4v) is 3.10. The van der Waals surface area contributed by atoms with Crippen LogP contribution in [0.2, 0.25) is 0 Å². The van der Waals surface area contributed by atoms with E-state index < -0.39 is 10.0 Å². The minimum absolute atomic E-state index is 0.0679. The van der Waals surface area contributed by atoms with Crippen LogP contribution in [0.1, 0.15) is 18.5 Å². The second-order valence-electron chi connectivity index (χ2n) is 3.86. The standard InChI is InChI=1S/C10H13N5O2S2/c1-7(11-2)8-4-3-5-9(6-8)19(16,17)13-10-12-14-15-18-10/h3-7,11H,1-2H3,(H,12,13,15). The number of anilines is 1. The average molecular weight is 299 g/mol. The molecule has 19 heavy (non-hydrogen) atoms. The molecule has 2 rings (SSSR count). The molecule has 0 aliphatic heterocycles. The smallest absolute Gasteiger partial charge is 0.263 e. The number of aromatic nitrogens is 3. The van der Waals surface area contributed by atoms with Gasteiger partial charge in [-0.15, -0.1) is 0 Å². The van der Waals surface area contributed by atoms with Crippen molar-refractivity contribution in [2.45, 2.75) is 17.9 Å². The third-order valence-electron chi connectivity index (χ3n) is 2.62. The molecule has 2 aromatic rings. The molecule has 1 heterocycles. The van der Waals surface area contributed by atoms with Gasteiger partial charge in [-0.2, -0.15) is 0 Å².